The Balaban J connectivity index is 1.22. The maximum absolute atomic E-state index is 13.3. The minimum absolute atomic E-state index is 0.0164. The highest BCUT2D eigenvalue weighted by Crippen LogP contribution is 2.44. The minimum Gasteiger partial charge on any atom is -0.386 e. The number of Topliss-reactive ketones (excluding diaryl/α,β-unsaturated/α-hetero) is 1. The lowest BCUT2D eigenvalue weighted by Crippen LogP contribution is -2.38. The van der Waals surface area contributed by atoms with Crippen LogP contribution in [0.3, 0.4) is 0 Å². The van der Waals surface area contributed by atoms with Crippen LogP contribution in [0.2, 0.25) is 0 Å². The molecule has 1 aliphatic rings. The van der Waals surface area contributed by atoms with Gasteiger partial charge in [0.1, 0.15) is 30.2 Å². The van der Waals surface area contributed by atoms with Gasteiger partial charge in [0.25, 0.3) is 5.69 Å². The zero-order valence-electron chi connectivity index (χ0n) is 24.6. The number of anilines is 2. The number of fused-ring (bicyclic) bond motifs is 1. The van der Waals surface area contributed by atoms with Crippen LogP contribution in [-0.2, 0) is 18.6 Å². The number of hydrogen-bond acceptors (Lipinski definition) is 12. The number of ether oxygens (including phenoxy) is 1. The third-order valence-corrected chi connectivity index (χ3v) is 8.03. The van der Waals surface area contributed by atoms with Crippen LogP contribution in [0.15, 0.2) is 61.2 Å². The number of carbonyl (C=O) groups excluding carboxylic acids is 1. The van der Waals surface area contributed by atoms with Gasteiger partial charge in [0.2, 0.25) is 0 Å². The van der Waals surface area contributed by atoms with Crippen molar-refractivity contribution in [3.63, 3.8) is 0 Å². The molecule has 16 nitrogen and oxygen atoms in total. The first-order valence-electron chi connectivity index (χ1n) is 14.3. The number of carbonyl (C=O) groups is 1. The molecule has 0 spiro atoms. The number of aliphatic hydroxyl groups is 1. The molecule has 0 aliphatic carbocycles. The number of aromatic nitrogens is 4. The van der Waals surface area contributed by atoms with Crippen LogP contribution in [0.25, 0.3) is 23.3 Å². The number of rotatable bonds is 13. The fourth-order valence-electron chi connectivity index (χ4n) is 5.22. The van der Waals surface area contributed by atoms with Gasteiger partial charge in [-0.3, -0.25) is 24.0 Å². The molecule has 242 valence electrons. The predicted octanol–water partition coefficient (Wildman–Crippen LogP) is 3.10. The molecule has 2 aromatic carbocycles. The van der Waals surface area contributed by atoms with Gasteiger partial charge in [-0.25, -0.2) is 19.5 Å². The highest BCUT2D eigenvalue weighted by molar-refractivity contribution is 7.46. The quantitative estimate of drug-likeness (QED) is 0.0703. The predicted molar refractivity (Wildman–Crippen MR) is 167 cm³/mol. The Labute approximate surface area is 262 Å². The Morgan fingerprint density at radius 3 is 2.39 bits per heavy atom. The third-order valence-electron chi connectivity index (χ3n) is 7.51. The summed E-state index contributed by atoms with van der Waals surface area (Å²) in [4.78, 5) is 56.8. The number of imidazole rings is 1. The maximum Gasteiger partial charge on any atom is 0.470 e. The number of phosphoric acid groups is 1. The summed E-state index contributed by atoms with van der Waals surface area (Å²) >= 11 is 0. The lowest BCUT2D eigenvalue weighted by atomic mass is 10.0. The molecule has 0 amide bonds. The first-order chi connectivity index (χ1) is 21.9. The molecule has 0 radical (unpaired) electrons. The van der Waals surface area contributed by atoms with Crippen LogP contribution >= 0.6 is 7.82 Å². The van der Waals surface area contributed by atoms with Gasteiger partial charge < -0.3 is 30.3 Å². The van der Waals surface area contributed by atoms with Gasteiger partial charge in [-0.15, -0.1) is 0 Å². The van der Waals surface area contributed by atoms with Crippen molar-refractivity contribution in [2.24, 2.45) is 0 Å². The number of nitrogen functional groups attached to an aromatic ring is 1. The molecule has 5 N–H and O–H groups in total. The van der Waals surface area contributed by atoms with Crippen molar-refractivity contribution in [2.75, 3.05) is 23.7 Å². The molecule has 0 unspecified atom stereocenters. The van der Waals surface area contributed by atoms with Gasteiger partial charge in [-0.1, -0.05) is 24.3 Å². The van der Waals surface area contributed by atoms with Crippen molar-refractivity contribution in [2.45, 2.75) is 44.3 Å². The SMILES string of the molecule is CCN(CCCC(=O)[C@H]1O[C@@H](n2cnc3c(N)ncnc32)[C@H](O)[C@@H]1OP(=O)(O)O)c1ccc(/C=C/c2ccc([N+](=O)[O-])cc2)cc1. The fraction of sp³-hybridized carbons (Fsp3) is 0.310. The van der Waals surface area contributed by atoms with E-state index in [-0.39, 0.29) is 29.1 Å². The Morgan fingerprint density at radius 2 is 1.78 bits per heavy atom. The molecule has 5 rings (SSSR count). The minimum atomic E-state index is -5.11. The van der Waals surface area contributed by atoms with Crippen LogP contribution in [0.5, 0.6) is 0 Å². The van der Waals surface area contributed by atoms with Gasteiger partial charge in [-0.2, -0.15) is 0 Å². The fourth-order valence-corrected chi connectivity index (χ4v) is 5.78. The Morgan fingerprint density at radius 1 is 1.13 bits per heavy atom. The summed E-state index contributed by atoms with van der Waals surface area (Å²) in [5, 5.41) is 21.8. The van der Waals surface area contributed by atoms with Crippen LogP contribution in [0, 0.1) is 10.1 Å². The number of nitro benzene ring substituents is 1. The van der Waals surface area contributed by atoms with Crippen LogP contribution in [0.1, 0.15) is 37.1 Å². The number of nitrogens with zero attached hydrogens (tertiary/aromatic N) is 6. The molecule has 2 aromatic heterocycles. The molecule has 0 bridgehead atoms. The Kier molecular flexibility index (Phi) is 9.86. The number of nitrogens with two attached hydrogens (primary N) is 1. The Bertz CT molecular complexity index is 1780. The van der Waals surface area contributed by atoms with Crippen molar-refractivity contribution in [3.8, 4) is 0 Å². The van der Waals surface area contributed by atoms with Gasteiger partial charge in [0.05, 0.1) is 11.3 Å². The van der Waals surface area contributed by atoms with E-state index in [0.29, 0.717) is 19.5 Å². The topological polar surface area (TPSA) is 229 Å². The molecule has 3 heterocycles. The van der Waals surface area contributed by atoms with Gasteiger partial charge in [-0.05, 0) is 48.7 Å². The van der Waals surface area contributed by atoms with Crippen LogP contribution < -0.4 is 10.6 Å². The maximum atomic E-state index is 13.3. The zero-order chi connectivity index (χ0) is 33.0. The van der Waals surface area contributed by atoms with Crippen molar-refractivity contribution in [1.29, 1.82) is 0 Å². The number of nitro groups is 1. The van der Waals surface area contributed by atoms with Crippen molar-refractivity contribution in [3.05, 3.63) is 82.4 Å². The number of aliphatic hydroxyl groups excluding tert-OH is 1. The molecule has 17 heteroatoms. The second kappa shape index (κ2) is 13.8. The van der Waals surface area contributed by atoms with Gasteiger partial charge in [0.15, 0.2) is 23.5 Å². The van der Waals surface area contributed by atoms with E-state index < -0.39 is 43.1 Å². The summed E-state index contributed by atoms with van der Waals surface area (Å²) in [5.74, 6) is -0.415. The first kappa shape index (κ1) is 32.8. The lowest BCUT2D eigenvalue weighted by Gasteiger charge is -2.24. The average molecular weight is 654 g/mol. The molecular weight excluding hydrogens is 621 g/mol. The monoisotopic (exact) mass is 653 g/mol. The van der Waals surface area contributed by atoms with E-state index in [1.54, 1.807) is 12.1 Å². The summed E-state index contributed by atoms with van der Waals surface area (Å²) < 4.78 is 23.7. The molecule has 4 atom stereocenters. The number of ketones is 1. The molecule has 0 saturated carbocycles. The number of phosphoric ester groups is 1. The number of non-ortho nitro benzene ring substituents is 1. The smallest absolute Gasteiger partial charge is 0.386 e. The van der Waals surface area contributed by atoms with E-state index in [9.17, 15) is 34.4 Å². The highest BCUT2D eigenvalue weighted by atomic mass is 31.2. The Hall–Kier alpha value is -4.57. The van der Waals surface area contributed by atoms with E-state index in [4.69, 9.17) is 15.0 Å². The number of hydrogen-bond donors (Lipinski definition) is 4. The largest absolute Gasteiger partial charge is 0.470 e. The third kappa shape index (κ3) is 7.45. The molecule has 1 aliphatic heterocycles. The summed E-state index contributed by atoms with van der Waals surface area (Å²) in [6.45, 7) is 3.11. The van der Waals surface area contributed by atoms with E-state index >= 15 is 0 Å². The number of benzene rings is 2. The zero-order valence-corrected chi connectivity index (χ0v) is 25.5. The first-order valence-corrected chi connectivity index (χ1v) is 15.8. The van der Waals surface area contributed by atoms with Gasteiger partial charge in [0, 0.05) is 37.3 Å². The lowest BCUT2D eigenvalue weighted by molar-refractivity contribution is -0.384. The van der Waals surface area contributed by atoms with E-state index in [1.807, 2.05) is 43.3 Å². The van der Waals surface area contributed by atoms with Crippen molar-refractivity contribution < 1.29 is 38.4 Å². The second-order valence-electron chi connectivity index (χ2n) is 10.5. The summed E-state index contributed by atoms with van der Waals surface area (Å²) in [6, 6.07) is 14.0. The van der Waals surface area contributed by atoms with E-state index in [2.05, 4.69) is 19.9 Å². The van der Waals surface area contributed by atoms with Gasteiger partial charge >= 0.3 is 7.82 Å². The van der Waals surface area contributed by atoms with Crippen LogP contribution in [0.4, 0.5) is 17.2 Å². The summed E-state index contributed by atoms with van der Waals surface area (Å²) in [7, 11) is -5.11. The molecule has 1 fully saturated rings. The molecule has 46 heavy (non-hydrogen) atoms. The second-order valence-corrected chi connectivity index (χ2v) is 11.7. The highest BCUT2D eigenvalue weighted by Gasteiger charge is 2.51. The normalized spacial score (nSPS) is 20.0. The average Bonchev–Trinajstić information content (AvgIpc) is 3.59. The molecule has 1 saturated heterocycles. The van der Waals surface area contributed by atoms with Crippen LogP contribution in [-0.4, -0.2) is 76.5 Å². The summed E-state index contributed by atoms with van der Waals surface area (Å²) in [5.41, 5.74) is 8.97. The van der Waals surface area contributed by atoms with Crippen molar-refractivity contribution in [1.82, 2.24) is 19.5 Å². The molecule has 4 aromatic rings. The van der Waals surface area contributed by atoms with E-state index in [0.717, 1.165) is 16.8 Å². The van der Waals surface area contributed by atoms with E-state index in [1.165, 1.54) is 29.4 Å². The molecular formula is C29H32N7O9P. The standard InChI is InChI=1S/C29H32N7O9P/c1-2-34(20-11-7-18(8-12-20)5-6-19-9-13-21(14-10-19)36(39)40)15-3-4-22(37)25-26(45-46(41,42)43)24(38)29(44-25)35-17-33-23-27(30)31-16-32-28(23)35/h5-14,16-17,24-26,29,38H,2-4,15H2,1H3,(H2,30,31,32)(H2,41,42,43)/b6-5+/t24-,25-,26+,29-/m1/s1. The van der Waals surface area contributed by atoms with Crippen molar-refractivity contribution >= 4 is 54.1 Å². The summed E-state index contributed by atoms with van der Waals surface area (Å²) in [6.07, 6.45) is 0.540.